The summed E-state index contributed by atoms with van der Waals surface area (Å²) >= 11 is 0. The second kappa shape index (κ2) is 6.72. The van der Waals surface area contributed by atoms with E-state index >= 15 is 0 Å². The van der Waals surface area contributed by atoms with Gasteiger partial charge in [0.15, 0.2) is 0 Å². The molecule has 0 bridgehead atoms. The van der Waals surface area contributed by atoms with Crippen LogP contribution in [0.3, 0.4) is 0 Å². The summed E-state index contributed by atoms with van der Waals surface area (Å²) in [5.41, 5.74) is 0.759. The molecule has 1 amide bonds. The molecule has 0 aromatic carbocycles. The number of halogens is 1. The molecule has 0 saturated carbocycles. The first kappa shape index (κ1) is 14.9. The van der Waals surface area contributed by atoms with E-state index in [0.29, 0.717) is 26.3 Å². The Labute approximate surface area is 112 Å². The van der Waals surface area contributed by atoms with Gasteiger partial charge >= 0.3 is 0 Å². The molecule has 1 unspecified atom stereocenters. The van der Waals surface area contributed by atoms with Gasteiger partial charge in [0.1, 0.15) is 17.5 Å². The predicted molar refractivity (Wildman–Crippen MR) is 67.6 cm³/mol. The van der Waals surface area contributed by atoms with E-state index in [1.54, 1.807) is 11.9 Å². The van der Waals surface area contributed by atoms with Crippen LogP contribution < -0.4 is 5.32 Å². The fraction of sp³-hybridized carbons (Fsp3) is 0.636. The van der Waals surface area contributed by atoms with Crippen molar-refractivity contribution in [3.63, 3.8) is 0 Å². The summed E-state index contributed by atoms with van der Waals surface area (Å²) in [6.07, 6.45) is 0. The van der Waals surface area contributed by atoms with Crippen molar-refractivity contribution in [1.82, 2.24) is 15.4 Å². The van der Waals surface area contributed by atoms with Crippen LogP contribution in [-0.4, -0.2) is 48.8 Å². The van der Waals surface area contributed by atoms with Crippen LogP contribution in [0.2, 0.25) is 0 Å². The van der Waals surface area contributed by atoms with Crippen molar-refractivity contribution < 1.29 is 14.1 Å². The van der Waals surface area contributed by atoms with Crippen LogP contribution in [0.4, 0.5) is 0 Å². The summed E-state index contributed by atoms with van der Waals surface area (Å²) in [5, 5.41) is 6.99. The standard InChI is InChI=1S/C11H17N3O3.ClH/c1-8-5-9(13-17-8)6-14(2)11(15)10-7-16-4-3-12-10;/h5,10,12H,3-4,6-7H2,1-2H3;1H. The summed E-state index contributed by atoms with van der Waals surface area (Å²) in [5.74, 6) is 0.769. The Kier molecular flexibility index (Phi) is 5.58. The lowest BCUT2D eigenvalue weighted by atomic mass is 10.2. The minimum Gasteiger partial charge on any atom is -0.378 e. The molecule has 0 spiro atoms. The molecule has 2 heterocycles. The van der Waals surface area contributed by atoms with Crippen LogP contribution in [0.5, 0.6) is 0 Å². The quantitative estimate of drug-likeness (QED) is 0.862. The summed E-state index contributed by atoms with van der Waals surface area (Å²) in [4.78, 5) is 13.7. The topological polar surface area (TPSA) is 67.6 Å². The number of rotatable bonds is 3. The van der Waals surface area contributed by atoms with Gasteiger partial charge in [0, 0.05) is 19.7 Å². The van der Waals surface area contributed by atoms with Crippen LogP contribution in [0.15, 0.2) is 10.6 Å². The zero-order chi connectivity index (χ0) is 12.3. The first-order valence-corrected chi connectivity index (χ1v) is 5.65. The molecule has 1 aliphatic heterocycles. The molecule has 1 aromatic rings. The fourth-order valence-electron chi connectivity index (χ4n) is 1.80. The Morgan fingerprint density at radius 3 is 3.00 bits per heavy atom. The Morgan fingerprint density at radius 2 is 2.44 bits per heavy atom. The molecule has 0 radical (unpaired) electrons. The van der Waals surface area contributed by atoms with Gasteiger partial charge in [-0.15, -0.1) is 12.4 Å². The van der Waals surface area contributed by atoms with Crippen molar-refractivity contribution in [2.75, 3.05) is 26.8 Å². The van der Waals surface area contributed by atoms with Crippen molar-refractivity contribution >= 4 is 18.3 Å². The third kappa shape index (κ3) is 3.69. The molecule has 1 N–H and O–H groups in total. The Balaban J connectivity index is 0.00000162. The molecular weight excluding hydrogens is 258 g/mol. The molecule has 18 heavy (non-hydrogen) atoms. The van der Waals surface area contributed by atoms with E-state index < -0.39 is 0 Å². The number of carbonyl (C=O) groups is 1. The molecule has 1 aromatic heterocycles. The van der Waals surface area contributed by atoms with E-state index in [4.69, 9.17) is 9.26 Å². The highest BCUT2D eigenvalue weighted by Gasteiger charge is 2.24. The number of ether oxygens (including phenoxy) is 1. The van der Waals surface area contributed by atoms with Crippen LogP contribution in [0.25, 0.3) is 0 Å². The SMILES string of the molecule is Cc1cc(CN(C)C(=O)C2COCCN2)no1.Cl. The van der Waals surface area contributed by atoms with Gasteiger partial charge in [-0.25, -0.2) is 0 Å². The number of morpholine rings is 1. The van der Waals surface area contributed by atoms with Crippen LogP contribution >= 0.6 is 12.4 Å². The van der Waals surface area contributed by atoms with Gasteiger partial charge < -0.3 is 19.5 Å². The average molecular weight is 276 g/mol. The zero-order valence-corrected chi connectivity index (χ0v) is 11.3. The second-order valence-corrected chi connectivity index (χ2v) is 4.20. The third-order valence-electron chi connectivity index (χ3n) is 2.67. The minimum absolute atomic E-state index is 0. The maximum Gasteiger partial charge on any atom is 0.242 e. The van der Waals surface area contributed by atoms with E-state index in [9.17, 15) is 4.79 Å². The molecule has 1 saturated heterocycles. The van der Waals surface area contributed by atoms with Gasteiger partial charge in [-0.05, 0) is 6.92 Å². The van der Waals surface area contributed by atoms with Gasteiger partial charge in [-0.2, -0.15) is 0 Å². The molecule has 1 fully saturated rings. The summed E-state index contributed by atoms with van der Waals surface area (Å²) in [6, 6.07) is 1.58. The Morgan fingerprint density at radius 1 is 1.67 bits per heavy atom. The first-order chi connectivity index (χ1) is 8.16. The van der Waals surface area contributed by atoms with Gasteiger partial charge in [0.2, 0.25) is 5.91 Å². The largest absolute Gasteiger partial charge is 0.378 e. The number of nitrogens with zero attached hydrogens (tertiary/aromatic N) is 2. The van der Waals surface area contributed by atoms with Gasteiger partial charge in [-0.1, -0.05) is 5.16 Å². The first-order valence-electron chi connectivity index (χ1n) is 5.65. The number of likely N-dealkylation sites (N-methyl/N-ethyl adjacent to an activating group) is 1. The van der Waals surface area contributed by atoms with Crippen molar-refractivity contribution in [2.24, 2.45) is 0 Å². The number of nitrogens with one attached hydrogen (secondary N) is 1. The average Bonchev–Trinajstić information content (AvgIpc) is 2.75. The number of amides is 1. The maximum atomic E-state index is 12.0. The highest BCUT2D eigenvalue weighted by Crippen LogP contribution is 2.06. The summed E-state index contributed by atoms with van der Waals surface area (Å²) in [7, 11) is 1.75. The lowest BCUT2D eigenvalue weighted by Gasteiger charge is -2.27. The minimum atomic E-state index is -0.248. The fourth-order valence-corrected chi connectivity index (χ4v) is 1.80. The van der Waals surface area contributed by atoms with Crippen LogP contribution in [0, 0.1) is 6.92 Å². The third-order valence-corrected chi connectivity index (χ3v) is 2.67. The van der Waals surface area contributed by atoms with E-state index in [-0.39, 0.29) is 24.4 Å². The Hall–Kier alpha value is -1.11. The summed E-state index contributed by atoms with van der Waals surface area (Å²) in [6.45, 7) is 4.09. The highest BCUT2D eigenvalue weighted by atomic mass is 35.5. The molecule has 6 nitrogen and oxygen atoms in total. The van der Waals surface area contributed by atoms with Gasteiger partial charge in [0.25, 0.3) is 0 Å². The molecular formula is C11H18ClN3O3. The van der Waals surface area contributed by atoms with E-state index in [1.165, 1.54) is 0 Å². The van der Waals surface area contributed by atoms with E-state index in [0.717, 1.165) is 11.5 Å². The van der Waals surface area contributed by atoms with Crippen LogP contribution in [-0.2, 0) is 16.1 Å². The summed E-state index contributed by atoms with van der Waals surface area (Å²) < 4.78 is 10.2. The number of carbonyl (C=O) groups excluding carboxylic acids is 1. The molecule has 0 aliphatic carbocycles. The monoisotopic (exact) mass is 275 g/mol. The normalized spacial score (nSPS) is 19.1. The van der Waals surface area contributed by atoms with Crippen molar-refractivity contribution in [3.8, 4) is 0 Å². The molecule has 1 atom stereocenters. The lowest BCUT2D eigenvalue weighted by Crippen LogP contribution is -2.51. The highest BCUT2D eigenvalue weighted by molar-refractivity contribution is 5.85. The van der Waals surface area contributed by atoms with Crippen LogP contribution in [0.1, 0.15) is 11.5 Å². The van der Waals surface area contributed by atoms with Crippen molar-refractivity contribution in [1.29, 1.82) is 0 Å². The van der Waals surface area contributed by atoms with Gasteiger partial charge in [0.05, 0.1) is 19.8 Å². The smallest absolute Gasteiger partial charge is 0.242 e. The lowest BCUT2D eigenvalue weighted by molar-refractivity contribution is -0.135. The number of hydrogen-bond donors (Lipinski definition) is 1. The number of aromatic nitrogens is 1. The predicted octanol–water partition coefficient (Wildman–Crippen LogP) is 0.352. The molecule has 102 valence electrons. The molecule has 2 rings (SSSR count). The van der Waals surface area contributed by atoms with E-state index in [1.807, 2.05) is 13.0 Å². The van der Waals surface area contributed by atoms with Crippen molar-refractivity contribution in [2.45, 2.75) is 19.5 Å². The maximum absolute atomic E-state index is 12.0. The second-order valence-electron chi connectivity index (χ2n) is 4.20. The van der Waals surface area contributed by atoms with E-state index in [2.05, 4.69) is 10.5 Å². The molecule has 7 heteroatoms. The van der Waals surface area contributed by atoms with Gasteiger partial charge in [-0.3, -0.25) is 4.79 Å². The molecule has 1 aliphatic rings. The Bertz CT molecular complexity index is 391. The van der Waals surface area contributed by atoms with Crippen molar-refractivity contribution in [3.05, 3.63) is 17.5 Å². The number of hydrogen-bond acceptors (Lipinski definition) is 5. The zero-order valence-electron chi connectivity index (χ0n) is 10.5. The number of aryl methyl sites for hydroxylation is 1.